The fourth-order valence-electron chi connectivity index (χ4n) is 1.75. The second kappa shape index (κ2) is 4.80. The third kappa shape index (κ3) is 1.87. The number of aromatic amines is 1. The first-order valence-corrected chi connectivity index (χ1v) is 5.93. The van der Waals surface area contributed by atoms with Crippen LogP contribution in [0.25, 0.3) is 15.9 Å². The van der Waals surface area contributed by atoms with Gasteiger partial charge in [0.25, 0.3) is 5.56 Å². The van der Waals surface area contributed by atoms with Gasteiger partial charge in [-0.15, -0.1) is 23.7 Å². The molecule has 18 heavy (non-hydrogen) atoms. The van der Waals surface area contributed by atoms with Crippen molar-refractivity contribution in [3.05, 3.63) is 62.6 Å². The number of nitrogens with zero attached hydrogens (tertiary/aromatic N) is 1. The molecule has 92 valence electrons. The Morgan fingerprint density at radius 3 is 2.50 bits per heavy atom. The topological polar surface area (TPSA) is 54.9 Å². The number of benzene rings is 1. The molecule has 0 saturated carbocycles. The van der Waals surface area contributed by atoms with Crippen LogP contribution in [0.4, 0.5) is 0 Å². The lowest BCUT2D eigenvalue weighted by molar-refractivity contribution is 0.904. The molecular formula is C12H9ClN2O2S. The van der Waals surface area contributed by atoms with E-state index in [-0.39, 0.29) is 18.0 Å². The molecular weight excluding hydrogens is 272 g/mol. The zero-order valence-corrected chi connectivity index (χ0v) is 10.8. The second-order valence-corrected chi connectivity index (χ2v) is 4.49. The van der Waals surface area contributed by atoms with Gasteiger partial charge in [-0.1, -0.05) is 18.2 Å². The minimum absolute atomic E-state index is 0. The van der Waals surface area contributed by atoms with E-state index in [4.69, 9.17) is 0 Å². The van der Waals surface area contributed by atoms with Gasteiger partial charge in [-0.2, -0.15) is 0 Å². The fraction of sp³-hybridized carbons (Fsp3) is 0. The number of rotatable bonds is 1. The van der Waals surface area contributed by atoms with Crippen molar-refractivity contribution in [3.63, 3.8) is 0 Å². The Morgan fingerprint density at radius 2 is 1.78 bits per heavy atom. The van der Waals surface area contributed by atoms with E-state index in [1.807, 2.05) is 6.07 Å². The highest BCUT2D eigenvalue weighted by Gasteiger charge is 2.09. The molecule has 0 atom stereocenters. The van der Waals surface area contributed by atoms with Gasteiger partial charge in [0.2, 0.25) is 0 Å². The lowest BCUT2D eigenvalue weighted by atomic mass is 10.3. The van der Waals surface area contributed by atoms with Gasteiger partial charge in [-0.3, -0.25) is 9.78 Å². The van der Waals surface area contributed by atoms with Crippen LogP contribution in [0, 0.1) is 0 Å². The first kappa shape index (κ1) is 12.6. The Hall–Kier alpha value is -1.85. The molecule has 0 saturated heterocycles. The normalized spacial score (nSPS) is 10.2. The van der Waals surface area contributed by atoms with E-state index in [0.29, 0.717) is 15.9 Å². The first-order valence-electron chi connectivity index (χ1n) is 5.05. The molecule has 0 aliphatic carbocycles. The monoisotopic (exact) mass is 280 g/mol. The van der Waals surface area contributed by atoms with Crippen LogP contribution in [0.3, 0.4) is 0 Å². The highest BCUT2D eigenvalue weighted by Crippen LogP contribution is 2.13. The lowest BCUT2D eigenvalue weighted by Crippen LogP contribution is -2.32. The van der Waals surface area contributed by atoms with E-state index in [2.05, 4.69) is 4.98 Å². The smallest absolute Gasteiger partial charge is 0.298 e. The zero-order chi connectivity index (χ0) is 11.8. The van der Waals surface area contributed by atoms with Gasteiger partial charge in [0.05, 0.1) is 11.1 Å². The molecule has 1 aromatic carbocycles. The van der Waals surface area contributed by atoms with Crippen molar-refractivity contribution in [1.82, 2.24) is 9.55 Å². The van der Waals surface area contributed by atoms with Gasteiger partial charge in [-0.25, -0.2) is 9.36 Å². The summed E-state index contributed by atoms with van der Waals surface area (Å²) < 4.78 is 1.15. The molecule has 0 bridgehead atoms. The van der Waals surface area contributed by atoms with Crippen LogP contribution >= 0.6 is 23.7 Å². The maximum atomic E-state index is 12.2. The van der Waals surface area contributed by atoms with Crippen LogP contribution in [0.1, 0.15) is 0 Å². The molecule has 0 aliphatic rings. The summed E-state index contributed by atoms with van der Waals surface area (Å²) in [6.45, 7) is 0. The van der Waals surface area contributed by atoms with Crippen LogP contribution in [0.2, 0.25) is 0 Å². The number of thiophene rings is 1. The molecule has 2 aromatic heterocycles. The average molecular weight is 281 g/mol. The summed E-state index contributed by atoms with van der Waals surface area (Å²) in [5, 5.41) is 2.33. The Morgan fingerprint density at radius 1 is 1.06 bits per heavy atom. The molecule has 0 radical (unpaired) electrons. The van der Waals surface area contributed by atoms with Crippen molar-refractivity contribution in [2.45, 2.75) is 0 Å². The zero-order valence-electron chi connectivity index (χ0n) is 9.12. The quantitative estimate of drug-likeness (QED) is 0.743. The molecule has 3 aromatic rings. The van der Waals surface area contributed by atoms with Crippen molar-refractivity contribution < 1.29 is 0 Å². The number of halogens is 1. The number of hydrogen-bond acceptors (Lipinski definition) is 3. The predicted molar refractivity (Wildman–Crippen MR) is 75.3 cm³/mol. The minimum Gasteiger partial charge on any atom is -0.298 e. The molecule has 0 fully saturated rings. The van der Waals surface area contributed by atoms with Crippen molar-refractivity contribution in [2.75, 3.05) is 0 Å². The maximum absolute atomic E-state index is 12.2. The largest absolute Gasteiger partial charge is 0.334 e. The summed E-state index contributed by atoms with van der Waals surface area (Å²) in [5.74, 6) is 0. The van der Waals surface area contributed by atoms with Gasteiger partial charge in [0.15, 0.2) is 0 Å². The summed E-state index contributed by atoms with van der Waals surface area (Å²) >= 11 is 1.35. The SMILES string of the molecule is Cl.O=c1[nH]c2sccc2c(=O)n1-c1ccccc1. The number of fused-ring (bicyclic) bond motifs is 1. The number of hydrogen-bond donors (Lipinski definition) is 1. The third-order valence-electron chi connectivity index (χ3n) is 2.54. The summed E-state index contributed by atoms with van der Waals surface area (Å²) in [6, 6.07) is 10.6. The Kier molecular flexibility index (Phi) is 3.36. The Balaban J connectivity index is 0.00000120. The van der Waals surface area contributed by atoms with E-state index < -0.39 is 5.69 Å². The molecule has 6 heteroatoms. The predicted octanol–water partition coefficient (Wildman–Crippen LogP) is 2.16. The first-order chi connectivity index (χ1) is 8.27. The van der Waals surface area contributed by atoms with Crippen LogP contribution < -0.4 is 11.2 Å². The molecule has 4 nitrogen and oxygen atoms in total. The molecule has 0 amide bonds. The molecule has 0 unspecified atom stereocenters. The second-order valence-electron chi connectivity index (χ2n) is 3.57. The molecule has 0 aliphatic heterocycles. The van der Waals surface area contributed by atoms with Crippen LogP contribution in [-0.4, -0.2) is 9.55 Å². The number of H-pyrrole nitrogens is 1. The Bertz CT molecular complexity index is 789. The molecule has 1 N–H and O–H groups in total. The van der Waals surface area contributed by atoms with Gasteiger partial charge in [0.1, 0.15) is 4.83 Å². The van der Waals surface area contributed by atoms with Crippen LogP contribution in [0.15, 0.2) is 51.4 Å². The lowest BCUT2D eigenvalue weighted by Gasteiger charge is -2.03. The third-order valence-corrected chi connectivity index (χ3v) is 3.37. The highest BCUT2D eigenvalue weighted by molar-refractivity contribution is 7.16. The molecule has 3 rings (SSSR count). The summed E-state index contributed by atoms with van der Waals surface area (Å²) in [6.07, 6.45) is 0. The maximum Gasteiger partial charge on any atom is 0.334 e. The van der Waals surface area contributed by atoms with E-state index >= 15 is 0 Å². The van der Waals surface area contributed by atoms with E-state index in [1.54, 1.807) is 35.7 Å². The molecule has 2 heterocycles. The Labute approximate surface area is 112 Å². The van der Waals surface area contributed by atoms with Crippen molar-refractivity contribution in [3.8, 4) is 5.69 Å². The summed E-state index contributed by atoms with van der Waals surface area (Å²) in [7, 11) is 0. The summed E-state index contributed by atoms with van der Waals surface area (Å²) in [5.41, 5.74) is -0.112. The number of para-hydroxylation sites is 1. The molecule has 0 spiro atoms. The minimum atomic E-state index is -0.406. The average Bonchev–Trinajstić information content (AvgIpc) is 2.78. The fourth-order valence-corrected chi connectivity index (χ4v) is 2.52. The van der Waals surface area contributed by atoms with Crippen molar-refractivity contribution in [2.24, 2.45) is 0 Å². The number of aromatic nitrogens is 2. The standard InChI is InChI=1S/C12H8N2O2S.ClH/c15-11-9-6-7-17-10(9)13-12(16)14(11)8-4-2-1-3-5-8;/h1-7H,(H,13,16);1H. The van der Waals surface area contributed by atoms with Gasteiger partial charge < -0.3 is 0 Å². The van der Waals surface area contributed by atoms with Gasteiger partial charge >= 0.3 is 5.69 Å². The van der Waals surface area contributed by atoms with Crippen molar-refractivity contribution in [1.29, 1.82) is 0 Å². The number of nitrogens with one attached hydrogen (secondary N) is 1. The van der Waals surface area contributed by atoms with E-state index in [9.17, 15) is 9.59 Å². The van der Waals surface area contributed by atoms with Gasteiger partial charge in [-0.05, 0) is 23.6 Å². The summed E-state index contributed by atoms with van der Waals surface area (Å²) in [4.78, 5) is 27.3. The highest BCUT2D eigenvalue weighted by atomic mass is 35.5. The van der Waals surface area contributed by atoms with Crippen molar-refractivity contribution >= 4 is 34.0 Å². The van der Waals surface area contributed by atoms with E-state index in [0.717, 1.165) is 4.57 Å². The van der Waals surface area contributed by atoms with Gasteiger partial charge in [0, 0.05) is 0 Å². The van der Waals surface area contributed by atoms with Crippen LogP contribution in [0.5, 0.6) is 0 Å². The van der Waals surface area contributed by atoms with Crippen LogP contribution in [-0.2, 0) is 0 Å². The van der Waals surface area contributed by atoms with E-state index in [1.165, 1.54) is 11.3 Å².